The molecule has 3 rings (SSSR count). The van der Waals surface area contributed by atoms with Gasteiger partial charge in [0.05, 0.1) is 5.69 Å². The number of nitrogens with two attached hydrogens (primary N) is 1. The molecule has 21 heavy (non-hydrogen) atoms. The van der Waals surface area contributed by atoms with Crippen LogP contribution in [0.5, 0.6) is 5.88 Å². The Morgan fingerprint density at radius 2 is 1.86 bits per heavy atom. The number of nitrogen functional groups attached to an aromatic ring is 1. The highest BCUT2D eigenvalue weighted by Crippen LogP contribution is 2.22. The lowest BCUT2D eigenvalue weighted by Crippen LogP contribution is -2.38. The van der Waals surface area contributed by atoms with E-state index in [1.165, 1.54) is 5.56 Å². The molecule has 4 heteroatoms. The highest BCUT2D eigenvalue weighted by Gasteiger charge is 2.21. The van der Waals surface area contributed by atoms with Crippen molar-refractivity contribution in [1.82, 2.24) is 9.88 Å². The van der Waals surface area contributed by atoms with Gasteiger partial charge in [0.1, 0.15) is 6.10 Å². The smallest absolute Gasteiger partial charge is 0.237 e. The molecule has 1 saturated heterocycles. The summed E-state index contributed by atoms with van der Waals surface area (Å²) >= 11 is 0. The topological polar surface area (TPSA) is 51.4 Å². The van der Waals surface area contributed by atoms with Crippen molar-refractivity contribution in [2.24, 2.45) is 0 Å². The molecule has 1 aliphatic rings. The molecule has 0 atom stereocenters. The average Bonchev–Trinajstić information content (AvgIpc) is 2.52. The molecule has 4 nitrogen and oxygen atoms in total. The Morgan fingerprint density at radius 1 is 1.10 bits per heavy atom. The van der Waals surface area contributed by atoms with Gasteiger partial charge in [-0.25, -0.2) is 4.98 Å². The Morgan fingerprint density at radius 3 is 2.57 bits per heavy atom. The van der Waals surface area contributed by atoms with Crippen molar-refractivity contribution in [3.63, 3.8) is 0 Å². The second-order valence-electron chi connectivity index (χ2n) is 5.48. The van der Waals surface area contributed by atoms with Crippen LogP contribution < -0.4 is 10.5 Å². The number of ether oxygens (including phenoxy) is 1. The van der Waals surface area contributed by atoms with Gasteiger partial charge in [0.15, 0.2) is 0 Å². The summed E-state index contributed by atoms with van der Waals surface area (Å²) in [5.41, 5.74) is 7.85. The third-order valence-electron chi connectivity index (χ3n) is 3.86. The van der Waals surface area contributed by atoms with Crippen molar-refractivity contribution in [3.05, 3.63) is 54.2 Å². The van der Waals surface area contributed by atoms with Gasteiger partial charge in [0, 0.05) is 25.8 Å². The molecule has 0 unspecified atom stereocenters. The van der Waals surface area contributed by atoms with E-state index in [-0.39, 0.29) is 6.10 Å². The summed E-state index contributed by atoms with van der Waals surface area (Å²) in [6.45, 7) is 3.11. The summed E-state index contributed by atoms with van der Waals surface area (Å²) in [6, 6.07) is 14.2. The van der Waals surface area contributed by atoms with E-state index in [0.717, 1.165) is 32.5 Å². The molecule has 1 fully saturated rings. The van der Waals surface area contributed by atoms with Crippen LogP contribution in [0, 0.1) is 0 Å². The van der Waals surface area contributed by atoms with E-state index in [2.05, 4.69) is 40.2 Å². The highest BCUT2D eigenvalue weighted by molar-refractivity contribution is 5.46. The van der Waals surface area contributed by atoms with Gasteiger partial charge in [-0.05, 0) is 30.5 Å². The second-order valence-corrected chi connectivity index (χ2v) is 5.48. The minimum Gasteiger partial charge on any atom is -0.473 e. The first kappa shape index (κ1) is 13.9. The lowest BCUT2D eigenvalue weighted by molar-refractivity contribution is 0.0938. The molecule has 2 N–H and O–H groups in total. The van der Waals surface area contributed by atoms with E-state index in [1.54, 1.807) is 6.20 Å². The van der Waals surface area contributed by atoms with Crippen molar-refractivity contribution < 1.29 is 4.74 Å². The van der Waals surface area contributed by atoms with Crippen molar-refractivity contribution >= 4 is 5.69 Å². The van der Waals surface area contributed by atoms with Gasteiger partial charge >= 0.3 is 0 Å². The number of rotatable bonds is 4. The molecule has 2 heterocycles. The summed E-state index contributed by atoms with van der Waals surface area (Å²) in [7, 11) is 0. The van der Waals surface area contributed by atoms with E-state index in [9.17, 15) is 0 Å². The van der Waals surface area contributed by atoms with E-state index in [4.69, 9.17) is 10.5 Å². The molecule has 1 aromatic carbocycles. The quantitative estimate of drug-likeness (QED) is 0.937. The molecule has 0 bridgehead atoms. The number of anilines is 1. The second kappa shape index (κ2) is 6.59. The van der Waals surface area contributed by atoms with Crippen LogP contribution >= 0.6 is 0 Å². The monoisotopic (exact) mass is 283 g/mol. The number of pyridine rings is 1. The largest absolute Gasteiger partial charge is 0.473 e. The lowest BCUT2D eigenvalue weighted by atomic mass is 10.1. The Kier molecular flexibility index (Phi) is 4.36. The van der Waals surface area contributed by atoms with Crippen LogP contribution in [0.1, 0.15) is 18.4 Å². The van der Waals surface area contributed by atoms with Crippen LogP contribution in [-0.4, -0.2) is 29.1 Å². The predicted molar refractivity (Wildman–Crippen MR) is 84.0 cm³/mol. The average molecular weight is 283 g/mol. The predicted octanol–water partition coefficient (Wildman–Crippen LogP) is 2.71. The molecule has 0 saturated carbocycles. The summed E-state index contributed by atoms with van der Waals surface area (Å²) in [5, 5.41) is 0. The van der Waals surface area contributed by atoms with Crippen LogP contribution in [0.3, 0.4) is 0 Å². The fourth-order valence-corrected chi connectivity index (χ4v) is 2.69. The zero-order valence-corrected chi connectivity index (χ0v) is 12.1. The maximum absolute atomic E-state index is 5.92. The molecule has 0 radical (unpaired) electrons. The molecule has 1 aromatic heterocycles. The summed E-state index contributed by atoms with van der Waals surface area (Å²) in [6.07, 6.45) is 3.97. The molecular weight excluding hydrogens is 262 g/mol. The molecule has 0 aliphatic carbocycles. The van der Waals surface area contributed by atoms with Crippen molar-refractivity contribution in [2.45, 2.75) is 25.5 Å². The lowest BCUT2D eigenvalue weighted by Gasteiger charge is -2.32. The number of nitrogens with zero attached hydrogens (tertiary/aromatic N) is 2. The molecule has 0 amide bonds. The van der Waals surface area contributed by atoms with Crippen molar-refractivity contribution in [1.29, 1.82) is 0 Å². The maximum Gasteiger partial charge on any atom is 0.237 e. The first-order chi connectivity index (χ1) is 10.3. The first-order valence-electron chi connectivity index (χ1n) is 7.45. The molecule has 1 aliphatic heterocycles. The van der Waals surface area contributed by atoms with Gasteiger partial charge in [0.2, 0.25) is 5.88 Å². The van der Waals surface area contributed by atoms with Gasteiger partial charge in [-0.3, -0.25) is 4.90 Å². The molecule has 110 valence electrons. The summed E-state index contributed by atoms with van der Waals surface area (Å²) in [5.74, 6) is 0.569. The van der Waals surface area contributed by atoms with Gasteiger partial charge < -0.3 is 10.5 Å². The maximum atomic E-state index is 5.92. The van der Waals surface area contributed by atoms with Crippen LogP contribution in [0.25, 0.3) is 0 Å². The van der Waals surface area contributed by atoms with Gasteiger partial charge in [0.25, 0.3) is 0 Å². The summed E-state index contributed by atoms with van der Waals surface area (Å²) < 4.78 is 5.92. The minimum absolute atomic E-state index is 0.217. The fraction of sp³-hybridized carbons (Fsp3) is 0.353. The third-order valence-corrected chi connectivity index (χ3v) is 3.86. The number of likely N-dealkylation sites (tertiary alicyclic amines) is 1. The first-order valence-corrected chi connectivity index (χ1v) is 7.45. The number of hydrogen-bond acceptors (Lipinski definition) is 4. The van der Waals surface area contributed by atoms with Crippen LogP contribution in [-0.2, 0) is 6.54 Å². The van der Waals surface area contributed by atoms with E-state index in [1.807, 2.05) is 12.1 Å². The zero-order chi connectivity index (χ0) is 14.5. The van der Waals surface area contributed by atoms with Crippen molar-refractivity contribution in [3.8, 4) is 5.88 Å². The molecule has 2 aromatic rings. The Labute approximate surface area is 125 Å². The van der Waals surface area contributed by atoms with E-state index < -0.39 is 0 Å². The van der Waals surface area contributed by atoms with E-state index >= 15 is 0 Å². The normalized spacial score (nSPS) is 16.8. The highest BCUT2D eigenvalue weighted by atomic mass is 16.5. The number of piperidine rings is 1. The Balaban J connectivity index is 1.50. The SMILES string of the molecule is Nc1cccnc1OC1CCN(Cc2ccccc2)CC1. The minimum atomic E-state index is 0.217. The molecular formula is C17H21N3O. The third kappa shape index (κ3) is 3.73. The number of benzene rings is 1. The number of hydrogen-bond donors (Lipinski definition) is 1. The van der Waals surface area contributed by atoms with E-state index in [0.29, 0.717) is 11.6 Å². The van der Waals surface area contributed by atoms with Crippen molar-refractivity contribution in [2.75, 3.05) is 18.8 Å². The fourth-order valence-electron chi connectivity index (χ4n) is 2.69. The Bertz CT molecular complexity index is 565. The van der Waals surface area contributed by atoms with Gasteiger partial charge in [-0.2, -0.15) is 0 Å². The zero-order valence-electron chi connectivity index (χ0n) is 12.1. The van der Waals surface area contributed by atoms with Gasteiger partial charge in [-0.1, -0.05) is 30.3 Å². The Hall–Kier alpha value is -2.07. The van der Waals surface area contributed by atoms with Crippen LogP contribution in [0.4, 0.5) is 5.69 Å². The van der Waals surface area contributed by atoms with Crippen LogP contribution in [0.2, 0.25) is 0 Å². The van der Waals surface area contributed by atoms with Crippen LogP contribution in [0.15, 0.2) is 48.7 Å². The number of aromatic nitrogens is 1. The van der Waals surface area contributed by atoms with Gasteiger partial charge in [-0.15, -0.1) is 0 Å². The summed E-state index contributed by atoms with van der Waals surface area (Å²) in [4.78, 5) is 6.67. The standard InChI is InChI=1S/C17H21N3O/c18-16-7-4-10-19-17(16)21-15-8-11-20(12-9-15)13-14-5-2-1-3-6-14/h1-7,10,15H,8-9,11-13,18H2. The molecule has 0 spiro atoms.